The second-order valence-corrected chi connectivity index (χ2v) is 8.98. The van der Waals surface area contributed by atoms with Gasteiger partial charge in [0.05, 0.1) is 24.1 Å². The summed E-state index contributed by atoms with van der Waals surface area (Å²) in [6.45, 7) is 3.11. The first-order chi connectivity index (χ1) is 15.1. The third-order valence-corrected chi connectivity index (χ3v) is 6.81. The average Bonchev–Trinajstić information content (AvgIpc) is 3.41. The molecular formula is C22H24N4O3S2. The molecule has 0 aliphatic carbocycles. The highest BCUT2D eigenvalue weighted by atomic mass is 32.1. The molecule has 1 aromatic carbocycles. The van der Waals surface area contributed by atoms with Crippen LogP contribution >= 0.6 is 22.7 Å². The maximum absolute atomic E-state index is 12.8. The number of hydrogen-bond acceptors (Lipinski definition) is 7. The van der Waals surface area contributed by atoms with Gasteiger partial charge in [-0.05, 0) is 42.1 Å². The molecule has 1 saturated heterocycles. The fourth-order valence-corrected chi connectivity index (χ4v) is 4.82. The highest BCUT2D eigenvalue weighted by molar-refractivity contribution is 7.14. The van der Waals surface area contributed by atoms with Crippen molar-refractivity contribution >= 4 is 45.3 Å². The molecule has 2 amide bonds. The number of anilines is 2. The lowest BCUT2D eigenvalue weighted by molar-refractivity contribution is -0.130. The number of ether oxygens (including phenoxy) is 1. The number of nitrogens with one attached hydrogen (secondary N) is 1. The third-order valence-electron chi connectivity index (χ3n) is 5.14. The summed E-state index contributed by atoms with van der Waals surface area (Å²) in [7, 11) is 1.66. The van der Waals surface area contributed by atoms with Crippen LogP contribution in [0.1, 0.15) is 21.8 Å². The quantitative estimate of drug-likeness (QED) is 0.612. The van der Waals surface area contributed by atoms with Crippen molar-refractivity contribution < 1.29 is 14.3 Å². The number of carbonyl (C=O) groups excluding carboxylic acids is 2. The van der Waals surface area contributed by atoms with E-state index in [1.54, 1.807) is 13.2 Å². The lowest BCUT2D eigenvalue weighted by Crippen LogP contribution is -2.36. The predicted octanol–water partition coefficient (Wildman–Crippen LogP) is 3.75. The van der Waals surface area contributed by atoms with Gasteiger partial charge in [0.25, 0.3) is 5.91 Å². The number of aromatic nitrogens is 1. The van der Waals surface area contributed by atoms with Crippen LogP contribution in [0.4, 0.5) is 10.8 Å². The van der Waals surface area contributed by atoms with E-state index in [0.29, 0.717) is 22.2 Å². The van der Waals surface area contributed by atoms with Crippen LogP contribution in [0, 0.1) is 0 Å². The Balaban J connectivity index is 1.30. The van der Waals surface area contributed by atoms with Crippen LogP contribution in [0.25, 0.3) is 0 Å². The molecular weight excluding hydrogens is 432 g/mol. The zero-order valence-electron chi connectivity index (χ0n) is 17.2. The van der Waals surface area contributed by atoms with Gasteiger partial charge in [-0.25, -0.2) is 4.98 Å². The van der Waals surface area contributed by atoms with Crippen LogP contribution in [0.2, 0.25) is 0 Å². The minimum absolute atomic E-state index is 0.0676. The first-order valence-corrected chi connectivity index (χ1v) is 11.8. The predicted molar refractivity (Wildman–Crippen MR) is 124 cm³/mol. The number of methoxy groups -OCH3 is 1. The monoisotopic (exact) mass is 456 g/mol. The number of thiazole rings is 1. The SMILES string of the molecule is COc1ccc(N2CCCN(C(=O)Cc3csc(NC(=O)c4cccs4)n3)CC2)cc1. The Hall–Kier alpha value is -2.91. The molecule has 3 heterocycles. The van der Waals surface area contributed by atoms with Crippen molar-refractivity contribution in [2.45, 2.75) is 12.8 Å². The minimum Gasteiger partial charge on any atom is -0.497 e. The summed E-state index contributed by atoms with van der Waals surface area (Å²) < 4.78 is 5.23. The van der Waals surface area contributed by atoms with E-state index < -0.39 is 0 Å². The number of nitrogens with zero attached hydrogens (tertiary/aromatic N) is 3. The van der Waals surface area contributed by atoms with Crippen molar-refractivity contribution in [2.24, 2.45) is 0 Å². The Labute approximate surface area is 189 Å². The molecule has 1 aliphatic heterocycles. The van der Waals surface area contributed by atoms with Crippen molar-refractivity contribution in [1.82, 2.24) is 9.88 Å². The second-order valence-electron chi connectivity index (χ2n) is 7.17. The summed E-state index contributed by atoms with van der Waals surface area (Å²) in [5, 5.41) is 7.01. The van der Waals surface area contributed by atoms with Crippen molar-refractivity contribution in [1.29, 1.82) is 0 Å². The molecule has 0 bridgehead atoms. The largest absolute Gasteiger partial charge is 0.497 e. The van der Waals surface area contributed by atoms with Crippen LogP contribution in [0.5, 0.6) is 5.75 Å². The zero-order chi connectivity index (χ0) is 21.6. The highest BCUT2D eigenvalue weighted by Crippen LogP contribution is 2.22. The van der Waals surface area contributed by atoms with Gasteiger partial charge < -0.3 is 14.5 Å². The van der Waals surface area contributed by atoms with Crippen molar-refractivity contribution in [3.05, 3.63) is 57.7 Å². The first-order valence-electron chi connectivity index (χ1n) is 10.1. The summed E-state index contributed by atoms with van der Waals surface area (Å²) in [5.74, 6) is 0.732. The molecule has 0 saturated carbocycles. The van der Waals surface area contributed by atoms with E-state index in [1.807, 2.05) is 33.9 Å². The number of rotatable bonds is 6. The van der Waals surface area contributed by atoms with Gasteiger partial charge >= 0.3 is 0 Å². The van der Waals surface area contributed by atoms with E-state index in [1.165, 1.54) is 22.7 Å². The molecule has 0 unspecified atom stereocenters. The van der Waals surface area contributed by atoms with Crippen LogP contribution in [-0.4, -0.2) is 55.0 Å². The summed E-state index contributed by atoms with van der Waals surface area (Å²) in [5.41, 5.74) is 1.83. The van der Waals surface area contributed by atoms with Crippen LogP contribution in [-0.2, 0) is 11.2 Å². The fraction of sp³-hybridized carbons (Fsp3) is 0.318. The van der Waals surface area contributed by atoms with Crippen molar-refractivity contribution in [2.75, 3.05) is 43.5 Å². The maximum atomic E-state index is 12.8. The second kappa shape index (κ2) is 9.93. The Morgan fingerprint density at radius 2 is 1.94 bits per heavy atom. The molecule has 0 radical (unpaired) electrons. The molecule has 0 spiro atoms. The number of amides is 2. The number of carbonyl (C=O) groups is 2. The topological polar surface area (TPSA) is 74.8 Å². The number of hydrogen-bond donors (Lipinski definition) is 1. The Morgan fingerprint density at radius 1 is 1.10 bits per heavy atom. The lowest BCUT2D eigenvalue weighted by atomic mass is 10.2. The van der Waals surface area contributed by atoms with Gasteiger partial charge in [0, 0.05) is 37.2 Å². The summed E-state index contributed by atoms with van der Waals surface area (Å²) in [4.78, 5) is 34.3. The molecule has 1 aliphatic rings. The molecule has 9 heteroatoms. The van der Waals surface area contributed by atoms with Gasteiger partial charge in [0.1, 0.15) is 5.75 Å². The molecule has 4 rings (SSSR count). The highest BCUT2D eigenvalue weighted by Gasteiger charge is 2.21. The fourth-order valence-electron chi connectivity index (χ4n) is 3.50. The molecule has 0 atom stereocenters. The average molecular weight is 457 g/mol. The van der Waals surface area contributed by atoms with Gasteiger partial charge in [-0.15, -0.1) is 22.7 Å². The van der Waals surface area contributed by atoms with E-state index in [2.05, 4.69) is 27.3 Å². The van der Waals surface area contributed by atoms with Gasteiger partial charge in [-0.2, -0.15) is 0 Å². The van der Waals surface area contributed by atoms with Crippen molar-refractivity contribution in [3.8, 4) is 5.75 Å². The molecule has 2 aromatic heterocycles. The van der Waals surface area contributed by atoms with Gasteiger partial charge in [-0.1, -0.05) is 6.07 Å². The van der Waals surface area contributed by atoms with Crippen LogP contribution in [0.15, 0.2) is 47.2 Å². The van der Waals surface area contributed by atoms with E-state index in [4.69, 9.17) is 4.74 Å². The standard InChI is InChI=1S/C22H24N4O3S2/c1-29-18-7-5-17(6-8-18)25-9-3-10-26(12-11-25)20(27)14-16-15-31-22(23-16)24-21(28)19-4-2-13-30-19/h2,4-8,13,15H,3,9-12,14H2,1H3,(H,23,24,28). The minimum atomic E-state index is -0.173. The maximum Gasteiger partial charge on any atom is 0.267 e. The number of benzene rings is 1. The van der Waals surface area contributed by atoms with Crippen LogP contribution in [0.3, 0.4) is 0 Å². The van der Waals surface area contributed by atoms with Gasteiger partial charge in [0.15, 0.2) is 5.13 Å². The molecule has 1 fully saturated rings. The van der Waals surface area contributed by atoms with E-state index in [0.717, 1.165) is 37.5 Å². The molecule has 3 aromatic rings. The molecule has 1 N–H and O–H groups in total. The van der Waals surface area contributed by atoms with Gasteiger partial charge in [0.2, 0.25) is 5.91 Å². The summed E-state index contributed by atoms with van der Waals surface area (Å²) in [6, 6.07) is 11.6. The van der Waals surface area contributed by atoms with Crippen LogP contribution < -0.4 is 15.0 Å². The lowest BCUT2D eigenvalue weighted by Gasteiger charge is -2.23. The molecule has 162 valence electrons. The number of thiophene rings is 1. The molecule has 31 heavy (non-hydrogen) atoms. The van der Waals surface area contributed by atoms with E-state index in [-0.39, 0.29) is 18.2 Å². The van der Waals surface area contributed by atoms with Gasteiger partial charge in [-0.3, -0.25) is 14.9 Å². The Bertz CT molecular complexity index is 1020. The summed E-state index contributed by atoms with van der Waals surface area (Å²) >= 11 is 2.72. The first kappa shape index (κ1) is 21.3. The van der Waals surface area contributed by atoms with E-state index in [9.17, 15) is 9.59 Å². The normalized spacial score (nSPS) is 14.2. The Kier molecular flexibility index (Phi) is 6.83. The smallest absolute Gasteiger partial charge is 0.267 e. The van der Waals surface area contributed by atoms with E-state index >= 15 is 0 Å². The zero-order valence-corrected chi connectivity index (χ0v) is 18.9. The molecule has 7 nitrogen and oxygen atoms in total. The Morgan fingerprint density at radius 3 is 2.68 bits per heavy atom. The third kappa shape index (κ3) is 5.42. The van der Waals surface area contributed by atoms with Crippen molar-refractivity contribution in [3.63, 3.8) is 0 Å². The summed E-state index contributed by atoms with van der Waals surface area (Å²) in [6.07, 6.45) is 1.16.